The van der Waals surface area contributed by atoms with E-state index in [9.17, 15) is 9.59 Å². The zero-order chi connectivity index (χ0) is 17.1. The highest BCUT2D eigenvalue weighted by molar-refractivity contribution is 7.99. The van der Waals surface area contributed by atoms with E-state index in [1.54, 1.807) is 16.7 Å². The molecule has 0 spiro atoms. The van der Waals surface area contributed by atoms with Crippen molar-refractivity contribution in [3.8, 4) is 5.75 Å². The maximum absolute atomic E-state index is 13.2. The maximum Gasteiger partial charge on any atom is 0.246 e. The van der Waals surface area contributed by atoms with Crippen molar-refractivity contribution in [1.29, 1.82) is 0 Å². The lowest BCUT2D eigenvalue weighted by Gasteiger charge is -2.32. The van der Waals surface area contributed by atoms with Crippen LogP contribution in [0, 0.1) is 0 Å². The Bertz CT molecular complexity index is 618. The first-order valence-electron chi connectivity index (χ1n) is 8.56. The van der Waals surface area contributed by atoms with Crippen molar-refractivity contribution >= 4 is 23.6 Å². The third kappa shape index (κ3) is 3.11. The first kappa shape index (κ1) is 17.1. The Morgan fingerprint density at radius 1 is 1.29 bits per heavy atom. The van der Waals surface area contributed by atoms with Crippen molar-refractivity contribution in [1.82, 2.24) is 9.80 Å². The average molecular weight is 348 g/mol. The lowest BCUT2D eigenvalue weighted by molar-refractivity contribution is -0.144. The molecule has 0 saturated carbocycles. The molecule has 2 amide bonds. The number of carbonyl (C=O) groups is 2. The highest BCUT2D eigenvalue weighted by atomic mass is 32.2. The van der Waals surface area contributed by atoms with Crippen LogP contribution in [0.4, 0.5) is 0 Å². The summed E-state index contributed by atoms with van der Waals surface area (Å²) in [6.45, 7) is 5.86. The number of hydrogen-bond donors (Lipinski definition) is 0. The minimum atomic E-state index is -0.336. The van der Waals surface area contributed by atoms with Gasteiger partial charge in [0.25, 0.3) is 0 Å². The summed E-state index contributed by atoms with van der Waals surface area (Å²) in [5, 5.41) is 0. The zero-order valence-corrected chi connectivity index (χ0v) is 15.1. The van der Waals surface area contributed by atoms with Gasteiger partial charge in [0.15, 0.2) is 0 Å². The third-order valence-electron chi connectivity index (χ3n) is 4.78. The van der Waals surface area contributed by atoms with Crippen LogP contribution in [0.5, 0.6) is 5.75 Å². The fourth-order valence-corrected chi connectivity index (χ4v) is 4.56. The van der Waals surface area contributed by atoms with Gasteiger partial charge in [-0.3, -0.25) is 9.59 Å². The molecule has 0 aromatic heterocycles. The molecule has 2 heterocycles. The molecule has 5 nitrogen and oxygen atoms in total. The highest BCUT2D eigenvalue weighted by Gasteiger charge is 2.40. The molecular formula is C18H24N2O3S. The minimum absolute atomic E-state index is 0.0567. The second-order valence-corrected chi connectivity index (χ2v) is 7.06. The monoisotopic (exact) mass is 348 g/mol. The molecule has 0 N–H and O–H groups in total. The number of thioether (sulfide) groups is 1. The van der Waals surface area contributed by atoms with E-state index in [1.165, 1.54) is 0 Å². The molecule has 0 unspecified atom stereocenters. The number of nitrogens with zero attached hydrogens (tertiary/aromatic N) is 2. The van der Waals surface area contributed by atoms with E-state index in [-0.39, 0.29) is 23.8 Å². The molecule has 1 saturated heterocycles. The number of ether oxygens (including phenoxy) is 1. The molecule has 2 aliphatic heterocycles. The molecule has 3 rings (SSSR count). The van der Waals surface area contributed by atoms with E-state index in [1.807, 2.05) is 43.0 Å². The number of benzene rings is 1. The maximum atomic E-state index is 13.2. The van der Waals surface area contributed by atoms with Gasteiger partial charge in [0, 0.05) is 24.4 Å². The molecule has 0 radical (unpaired) electrons. The van der Waals surface area contributed by atoms with Crippen molar-refractivity contribution in [3.63, 3.8) is 0 Å². The molecule has 1 aromatic rings. The van der Waals surface area contributed by atoms with Gasteiger partial charge in [-0.05, 0) is 26.3 Å². The average Bonchev–Trinajstić information content (AvgIpc) is 3.11. The number of carbonyl (C=O) groups excluding carboxylic acids is 2. The topological polar surface area (TPSA) is 49.9 Å². The SMILES string of the molecule is CCN(CC)C(=O)[C@H]1CSCN1C(=O)[C@@H]1CCOc2ccccc21. The van der Waals surface area contributed by atoms with Crippen LogP contribution in [0.15, 0.2) is 24.3 Å². The van der Waals surface area contributed by atoms with E-state index in [4.69, 9.17) is 4.74 Å². The molecule has 0 aliphatic carbocycles. The Balaban J connectivity index is 1.81. The molecule has 130 valence electrons. The summed E-state index contributed by atoms with van der Waals surface area (Å²) in [7, 11) is 0. The van der Waals surface area contributed by atoms with Crippen molar-refractivity contribution < 1.29 is 14.3 Å². The molecule has 1 aromatic carbocycles. The van der Waals surface area contributed by atoms with Crippen LogP contribution in [0.2, 0.25) is 0 Å². The standard InChI is InChI=1S/C18H24N2O3S/c1-3-19(4-2)18(22)15-11-24-12-20(15)17(21)14-9-10-23-16-8-6-5-7-13(14)16/h5-8,14-15H,3-4,9-12H2,1-2H3/t14-,15-/m1/s1. The van der Waals surface area contributed by atoms with Crippen LogP contribution in [0.3, 0.4) is 0 Å². The lowest BCUT2D eigenvalue weighted by atomic mass is 9.91. The van der Waals surface area contributed by atoms with Crippen molar-refractivity contribution in [2.45, 2.75) is 32.2 Å². The first-order chi connectivity index (χ1) is 11.7. The second kappa shape index (κ2) is 7.47. The molecule has 1 fully saturated rings. The molecular weight excluding hydrogens is 324 g/mol. The quantitative estimate of drug-likeness (QED) is 0.838. The van der Waals surface area contributed by atoms with Crippen LogP contribution in [0.25, 0.3) is 0 Å². The number of rotatable bonds is 4. The number of hydrogen-bond acceptors (Lipinski definition) is 4. The number of amides is 2. The number of likely N-dealkylation sites (N-methyl/N-ethyl adjacent to an activating group) is 1. The summed E-state index contributed by atoms with van der Waals surface area (Å²) in [6, 6.07) is 7.39. The zero-order valence-electron chi connectivity index (χ0n) is 14.2. The Kier molecular flexibility index (Phi) is 5.33. The van der Waals surface area contributed by atoms with Crippen molar-refractivity contribution in [2.75, 3.05) is 31.3 Å². The van der Waals surface area contributed by atoms with Gasteiger partial charge in [0.1, 0.15) is 11.8 Å². The van der Waals surface area contributed by atoms with E-state index < -0.39 is 0 Å². The highest BCUT2D eigenvalue weighted by Crippen LogP contribution is 2.36. The van der Waals surface area contributed by atoms with E-state index in [0.717, 1.165) is 11.3 Å². The van der Waals surface area contributed by atoms with E-state index in [0.29, 0.717) is 37.7 Å². The van der Waals surface area contributed by atoms with Crippen LogP contribution in [0.1, 0.15) is 31.7 Å². The fourth-order valence-electron chi connectivity index (χ4n) is 3.41. The van der Waals surface area contributed by atoms with Gasteiger partial charge in [-0.25, -0.2) is 0 Å². The summed E-state index contributed by atoms with van der Waals surface area (Å²) >= 11 is 1.66. The Morgan fingerprint density at radius 3 is 2.79 bits per heavy atom. The summed E-state index contributed by atoms with van der Waals surface area (Å²) in [5.74, 6) is 1.99. The molecule has 2 atom stereocenters. The Hall–Kier alpha value is -1.69. The minimum Gasteiger partial charge on any atom is -0.493 e. The smallest absolute Gasteiger partial charge is 0.246 e. The number of para-hydroxylation sites is 1. The van der Waals surface area contributed by atoms with Crippen LogP contribution < -0.4 is 4.74 Å². The normalized spacial score (nSPS) is 22.7. The Labute approximate surface area is 147 Å². The van der Waals surface area contributed by atoms with Gasteiger partial charge in [-0.2, -0.15) is 0 Å². The van der Waals surface area contributed by atoms with E-state index >= 15 is 0 Å². The van der Waals surface area contributed by atoms with Gasteiger partial charge in [-0.1, -0.05) is 18.2 Å². The van der Waals surface area contributed by atoms with Crippen LogP contribution in [-0.4, -0.2) is 59.0 Å². The summed E-state index contributed by atoms with van der Waals surface area (Å²) in [5.41, 5.74) is 0.944. The largest absolute Gasteiger partial charge is 0.493 e. The van der Waals surface area contributed by atoms with Gasteiger partial charge in [0.2, 0.25) is 11.8 Å². The summed E-state index contributed by atoms with van der Waals surface area (Å²) in [6.07, 6.45) is 0.670. The second-order valence-electron chi connectivity index (χ2n) is 6.06. The van der Waals surface area contributed by atoms with Gasteiger partial charge in [-0.15, -0.1) is 11.8 Å². The first-order valence-corrected chi connectivity index (χ1v) is 9.71. The van der Waals surface area contributed by atoms with Gasteiger partial charge >= 0.3 is 0 Å². The van der Waals surface area contributed by atoms with Gasteiger partial charge < -0.3 is 14.5 Å². The fraction of sp³-hybridized carbons (Fsp3) is 0.556. The number of fused-ring (bicyclic) bond motifs is 1. The summed E-state index contributed by atoms with van der Waals surface area (Å²) in [4.78, 5) is 29.5. The molecule has 0 bridgehead atoms. The van der Waals surface area contributed by atoms with E-state index in [2.05, 4.69) is 0 Å². The predicted molar refractivity (Wildman–Crippen MR) is 95.2 cm³/mol. The molecule has 24 heavy (non-hydrogen) atoms. The predicted octanol–water partition coefficient (Wildman–Crippen LogP) is 2.32. The van der Waals surface area contributed by atoms with Crippen molar-refractivity contribution in [2.24, 2.45) is 0 Å². The molecule has 6 heteroatoms. The lowest BCUT2D eigenvalue weighted by Crippen LogP contribution is -2.50. The van der Waals surface area contributed by atoms with Crippen LogP contribution in [-0.2, 0) is 9.59 Å². The molecule has 2 aliphatic rings. The van der Waals surface area contributed by atoms with Gasteiger partial charge in [0.05, 0.1) is 18.4 Å². The van der Waals surface area contributed by atoms with Crippen LogP contribution >= 0.6 is 11.8 Å². The summed E-state index contributed by atoms with van der Waals surface area (Å²) < 4.78 is 5.66. The Morgan fingerprint density at radius 2 is 2.04 bits per heavy atom. The third-order valence-corrected chi connectivity index (χ3v) is 5.79. The van der Waals surface area contributed by atoms with Crippen molar-refractivity contribution in [3.05, 3.63) is 29.8 Å².